The molecule has 26 heavy (non-hydrogen) atoms. The van der Waals surface area contributed by atoms with E-state index in [0.717, 1.165) is 22.3 Å². The van der Waals surface area contributed by atoms with Crippen molar-refractivity contribution < 1.29 is 4.79 Å². The van der Waals surface area contributed by atoms with Crippen LogP contribution in [0.2, 0.25) is 0 Å². The molecule has 1 aromatic heterocycles. The standard InChI is InChI=1S/C22H22N2O2/c1-15-6-4-7-18(12-15)14-24-11-5-8-20(22(24)26)21(25)23-19-10-9-16(2)17(3)13-19/h4-13H,14H2,1-3H3,(H,23,25). The Bertz CT molecular complexity index is 1020. The van der Waals surface area contributed by atoms with E-state index in [-0.39, 0.29) is 11.1 Å². The Morgan fingerprint density at radius 1 is 0.962 bits per heavy atom. The maximum Gasteiger partial charge on any atom is 0.263 e. The lowest BCUT2D eigenvalue weighted by atomic mass is 10.1. The smallest absolute Gasteiger partial charge is 0.263 e. The highest BCUT2D eigenvalue weighted by atomic mass is 16.2. The third kappa shape index (κ3) is 3.91. The van der Waals surface area contributed by atoms with Crippen molar-refractivity contribution in [3.8, 4) is 0 Å². The van der Waals surface area contributed by atoms with Crippen molar-refractivity contribution in [2.24, 2.45) is 0 Å². The van der Waals surface area contributed by atoms with Crippen LogP contribution in [0, 0.1) is 20.8 Å². The summed E-state index contributed by atoms with van der Waals surface area (Å²) >= 11 is 0. The van der Waals surface area contributed by atoms with Crippen LogP contribution in [0.15, 0.2) is 65.6 Å². The Morgan fingerprint density at radius 2 is 1.77 bits per heavy atom. The Kier molecular flexibility index (Phi) is 5.03. The number of carbonyl (C=O) groups is 1. The molecule has 132 valence electrons. The molecule has 2 aromatic carbocycles. The maximum atomic E-state index is 12.7. The van der Waals surface area contributed by atoms with Gasteiger partial charge in [-0.25, -0.2) is 0 Å². The number of nitrogens with zero attached hydrogens (tertiary/aromatic N) is 1. The van der Waals surface area contributed by atoms with E-state index in [1.165, 1.54) is 0 Å². The first-order chi connectivity index (χ1) is 12.4. The highest BCUT2D eigenvalue weighted by Gasteiger charge is 2.13. The lowest BCUT2D eigenvalue weighted by Gasteiger charge is -2.10. The number of amides is 1. The van der Waals surface area contributed by atoms with Gasteiger partial charge in [0.25, 0.3) is 11.5 Å². The zero-order chi connectivity index (χ0) is 18.7. The Balaban J connectivity index is 1.85. The first kappa shape index (κ1) is 17.7. The van der Waals surface area contributed by atoms with E-state index in [1.54, 1.807) is 22.9 Å². The van der Waals surface area contributed by atoms with Gasteiger partial charge in [-0.3, -0.25) is 9.59 Å². The predicted octanol–water partition coefficient (Wildman–Crippen LogP) is 4.07. The first-order valence-corrected chi connectivity index (χ1v) is 8.57. The van der Waals surface area contributed by atoms with Gasteiger partial charge in [-0.1, -0.05) is 35.9 Å². The first-order valence-electron chi connectivity index (χ1n) is 8.57. The largest absolute Gasteiger partial charge is 0.322 e. The third-order valence-corrected chi connectivity index (χ3v) is 4.46. The molecule has 0 spiro atoms. The third-order valence-electron chi connectivity index (χ3n) is 4.46. The van der Waals surface area contributed by atoms with E-state index in [2.05, 4.69) is 5.32 Å². The highest BCUT2D eigenvalue weighted by molar-refractivity contribution is 6.04. The van der Waals surface area contributed by atoms with Crippen molar-refractivity contribution in [3.05, 3.63) is 99.0 Å². The number of hydrogen-bond acceptors (Lipinski definition) is 2. The summed E-state index contributed by atoms with van der Waals surface area (Å²) in [4.78, 5) is 25.3. The quantitative estimate of drug-likeness (QED) is 0.774. The predicted molar refractivity (Wildman–Crippen MR) is 105 cm³/mol. The van der Waals surface area contributed by atoms with E-state index >= 15 is 0 Å². The molecule has 0 radical (unpaired) electrons. The summed E-state index contributed by atoms with van der Waals surface area (Å²) in [7, 11) is 0. The van der Waals surface area contributed by atoms with Crippen LogP contribution in [0.1, 0.15) is 32.6 Å². The molecule has 3 aromatic rings. The van der Waals surface area contributed by atoms with E-state index in [9.17, 15) is 9.59 Å². The van der Waals surface area contributed by atoms with Crippen LogP contribution in [0.4, 0.5) is 5.69 Å². The second-order valence-corrected chi connectivity index (χ2v) is 6.60. The van der Waals surface area contributed by atoms with Crippen molar-refractivity contribution in [3.63, 3.8) is 0 Å². The lowest BCUT2D eigenvalue weighted by molar-refractivity contribution is 0.102. The number of carbonyl (C=O) groups excluding carboxylic acids is 1. The molecule has 4 heteroatoms. The summed E-state index contributed by atoms with van der Waals surface area (Å²) in [5, 5.41) is 2.82. The molecule has 0 fully saturated rings. The van der Waals surface area contributed by atoms with E-state index in [4.69, 9.17) is 0 Å². The molecule has 1 N–H and O–H groups in total. The number of hydrogen-bond donors (Lipinski definition) is 1. The Morgan fingerprint density at radius 3 is 2.50 bits per heavy atom. The van der Waals surface area contributed by atoms with Gasteiger partial charge in [-0.15, -0.1) is 0 Å². The van der Waals surface area contributed by atoms with Gasteiger partial charge in [-0.05, 0) is 61.7 Å². The van der Waals surface area contributed by atoms with Crippen molar-refractivity contribution in [1.82, 2.24) is 4.57 Å². The molecule has 1 heterocycles. The zero-order valence-corrected chi connectivity index (χ0v) is 15.2. The minimum atomic E-state index is -0.392. The molecule has 3 rings (SSSR count). The average Bonchev–Trinajstić information content (AvgIpc) is 2.60. The molecule has 0 bridgehead atoms. The molecule has 0 unspecified atom stereocenters. The number of rotatable bonds is 4. The molecule has 0 saturated heterocycles. The van der Waals surface area contributed by atoms with E-state index in [0.29, 0.717) is 12.2 Å². The minimum Gasteiger partial charge on any atom is -0.322 e. The van der Waals surface area contributed by atoms with Gasteiger partial charge >= 0.3 is 0 Å². The van der Waals surface area contributed by atoms with Crippen LogP contribution < -0.4 is 10.9 Å². The van der Waals surface area contributed by atoms with Crippen LogP contribution in [-0.4, -0.2) is 10.5 Å². The minimum absolute atomic E-state index is 0.137. The molecule has 0 aliphatic carbocycles. The monoisotopic (exact) mass is 346 g/mol. The SMILES string of the molecule is Cc1cccc(Cn2cccc(C(=O)Nc3ccc(C)c(C)c3)c2=O)c1. The van der Waals surface area contributed by atoms with Crippen LogP contribution in [-0.2, 0) is 6.54 Å². The molecular formula is C22H22N2O2. The molecule has 1 amide bonds. The van der Waals surface area contributed by atoms with Crippen LogP contribution in [0.25, 0.3) is 0 Å². The number of anilines is 1. The van der Waals surface area contributed by atoms with Crippen molar-refractivity contribution in [2.75, 3.05) is 5.32 Å². The molecule has 0 aliphatic heterocycles. The number of aryl methyl sites for hydroxylation is 3. The number of benzene rings is 2. The van der Waals surface area contributed by atoms with E-state index < -0.39 is 5.91 Å². The van der Waals surface area contributed by atoms with Gasteiger partial charge in [0.15, 0.2) is 0 Å². The highest BCUT2D eigenvalue weighted by Crippen LogP contribution is 2.15. The maximum absolute atomic E-state index is 12.7. The summed E-state index contributed by atoms with van der Waals surface area (Å²) in [5.74, 6) is -0.392. The fourth-order valence-electron chi connectivity index (χ4n) is 2.86. The number of pyridine rings is 1. The average molecular weight is 346 g/mol. The summed E-state index contributed by atoms with van der Waals surface area (Å²) in [6.07, 6.45) is 1.71. The molecule has 0 atom stereocenters. The number of aromatic nitrogens is 1. The Labute approximate surface area is 153 Å². The van der Waals surface area contributed by atoms with Crippen LogP contribution in [0.3, 0.4) is 0 Å². The van der Waals surface area contributed by atoms with Crippen molar-refractivity contribution in [2.45, 2.75) is 27.3 Å². The Hall–Kier alpha value is -3.14. The van der Waals surface area contributed by atoms with Crippen LogP contribution >= 0.6 is 0 Å². The second kappa shape index (κ2) is 7.40. The van der Waals surface area contributed by atoms with Gasteiger partial charge in [0.05, 0.1) is 6.54 Å². The zero-order valence-electron chi connectivity index (χ0n) is 15.2. The normalized spacial score (nSPS) is 10.6. The van der Waals surface area contributed by atoms with Gasteiger partial charge in [-0.2, -0.15) is 0 Å². The molecule has 4 nitrogen and oxygen atoms in total. The fraction of sp³-hybridized carbons (Fsp3) is 0.182. The van der Waals surface area contributed by atoms with Crippen molar-refractivity contribution >= 4 is 11.6 Å². The van der Waals surface area contributed by atoms with E-state index in [1.807, 2.05) is 63.2 Å². The summed E-state index contributed by atoms with van der Waals surface area (Å²) in [6.45, 7) is 6.45. The fourth-order valence-corrected chi connectivity index (χ4v) is 2.86. The number of nitrogens with one attached hydrogen (secondary N) is 1. The summed E-state index contributed by atoms with van der Waals surface area (Å²) in [5.41, 5.74) is 4.94. The molecule has 0 aliphatic rings. The summed E-state index contributed by atoms with van der Waals surface area (Å²) < 4.78 is 1.56. The summed E-state index contributed by atoms with van der Waals surface area (Å²) in [6, 6.07) is 17.0. The van der Waals surface area contributed by atoms with Gasteiger partial charge in [0.1, 0.15) is 5.56 Å². The second-order valence-electron chi connectivity index (χ2n) is 6.60. The lowest BCUT2D eigenvalue weighted by Crippen LogP contribution is -2.29. The topological polar surface area (TPSA) is 51.1 Å². The molecule has 0 saturated carbocycles. The van der Waals surface area contributed by atoms with Crippen LogP contribution in [0.5, 0.6) is 0 Å². The van der Waals surface area contributed by atoms with Gasteiger partial charge < -0.3 is 9.88 Å². The van der Waals surface area contributed by atoms with Crippen molar-refractivity contribution in [1.29, 1.82) is 0 Å². The van der Waals surface area contributed by atoms with Gasteiger partial charge in [0.2, 0.25) is 0 Å². The molecular weight excluding hydrogens is 324 g/mol. The van der Waals surface area contributed by atoms with Gasteiger partial charge in [0, 0.05) is 11.9 Å².